The molecule has 0 aliphatic carbocycles. The van der Waals surface area contributed by atoms with Gasteiger partial charge in [0.05, 0.1) is 17.9 Å². The predicted octanol–water partition coefficient (Wildman–Crippen LogP) is 7.44. The maximum absolute atomic E-state index is 13.6. The molecular weight excluding hydrogens is 622 g/mol. The summed E-state index contributed by atoms with van der Waals surface area (Å²) in [6.07, 6.45) is 4.08. The largest absolute Gasteiger partial charge is 0.338 e. The molecule has 2 saturated heterocycles. The van der Waals surface area contributed by atoms with Crippen molar-refractivity contribution in [1.29, 1.82) is 0 Å². The van der Waals surface area contributed by atoms with Crippen molar-refractivity contribution in [3.05, 3.63) is 105 Å². The third kappa shape index (κ3) is 7.71. The van der Waals surface area contributed by atoms with E-state index < -0.39 is 0 Å². The molecule has 3 aromatic rings. The number of halogens is 2. The van der Waals surface area contributed by atoms with E-state index in [2.05, 4.69) is 95.0 Å². The summed E-state index contributed by atoms with van der Waals surface area (Å²) in [5.41, 5.74) is 6.89. The zero-order valence-electron chi connectivity index (χ0n) is 25.9. The lowest BCUT2D eigenvalue weighted by Gasteiger charge is -2.39. The number of benzene rings is 3. The normalized spacial score (nSPS) is 17.1. The highest BCUT2D eigenvalue weighted by atomic mass is 79.9. The van der Waals surface area contributed by atoms with E-state index in [1.165, 1.54) is 27.8 Å². The summed E-state index contributed by atoms with van der Waals surface area (Å²) in [6.45, 7) is 10.6. The van der Waals surface area contributed by atoms with Crippen molar-refractivity contribution in [3.63, 3.8) is 0 Å². The van der Waals surface area contributed by atoms with Crippen molar-refractivity contribution in [3.8, 4) is 0 Å². The van der Waals surface area contributed by atoms with Crippen molar-refractivity contribution >= 4 is 40.2 Å². The molecule has 0 saturated carbocycles. The Morgan fingerprint density at radius 3 is 2.16 bits per heavy atom. The van der Waals surface area contributed by atoms with Gasteiger partial charge in [0, 0.05) is 31.2 Å². The molecule has 7 heteroatoms. The van der Waals surface area contributed by atoms with E-state index in [9.17, 15) is 9.59 Å². The van der Waals surface area contributed by atoms with Crippen molar-refractivity contribution in [2.45, 2.75) is 65.5 Å². The maximum atomic E-state index is 13.6. The summed E-state index contributed by atoms with van der Waals surface area (Å²) in [4.78, 5) is 33.7. The molecule has 0 bridgehead atoms. The standard InChI is InChI=1S/C36H44BrN3O2.ClH/c1-26-22-27(2)32(28(3)23-26)24-34(41)38(4)33(30-8-6-5-7-9-30)14-18-39-19-15-36(16-20-39)17-21-40(35(36)42)25-29-10-12-31(37)13-11-29;/h5-13,22-23,33H,14-21,24-25H2,1-4H3;1H. The summed E-state index contributed by atoms with van der Waals surface area (Å²) in [6, 6.07) is 23.1. The van der Waals surface area contributed by atoms with Crippen LogP contribution in [0, 0.1) is 26.2 Å². The highest BCUT2D eigenvalue weighted by molar-refractivity contribution is 9.10. The van der Waals surface area contributed by atoms with Crippen LogP contribution in [-0.4, -0.2) is 59.7 Å². The van der Waals surface area contributed by atoms with Gasteiger partial charge in [0.2, 0.25) is 11.8 Å². The van der Waals surface area contributed by atoms with E-state index in [-0.39, 0.29) is 29.8 Å². The van der Waals surface area contributed by atoms with Gasteiger partial charge in [-0.25, -0.2) is 0 Å². The first-order valence-electron chi connectivity index (χ1n) is 15.3. The lowest BCUT2D eigenvalue weighted by Crippen LogP contribution is -2.45. The Balaban J connectivity index is 0.00000423. The van der Waals surface area contributed by atoms with Crippen LogP contribution in [0.5, 0.6) is 0 Å². The van der Waals surface area contributed by atoms with Crippen LogP contribution in [0.4, 0.5) is 0 Å². The number of aryl methyl sites for hydroxylation is 3. The summed E-state index contributed by atoms with van der Waals surface area (Å²) in [5.74, 6) is 0.484. The first-order valence-corrected chi connectivity index (χ1v) is 16.1. The van der Waals surface area contributed by atoms with E-state index >= 15 is 0 Å². The van der Waals surface area contributed by atoms with Gasteiger partial charge in [-0.3, -0.25) is 9.59 Å². The monoisotopic (exact) mass is 665 g/mol. The number of rotatable bonds is 9. The minimum Gasteiger partial charge on any atom is -0.338 e. The zero-order chi connectivity index (χ0) is 29.9. The fraction of sp³-hybridized carbons (Fsp3) is 0.444. The van der Waals surface area contributed by atoms with Crippen molar-refractivity contribution in [2.75, 3.05) is 33.2 Å². The highest BCUT2D eigenvalue weighted by Crippen LogP contribution is 2.42. The van der Waals surface area contributed by atoms with E-state index in [1.54, 1.807) is 0 Å². The van der Waals surface area contributed by atoms with Crippen molar-refractivity contribution in [1.82, 2.24) is 14.7 Å². The number of carbonyl (C=O) groups is 2. The van der Waals surface area contributed by atoms with Gasteiger partial charge in [-0.15, -0.1) is 12.4 Å². The Hall–Kier alpha value is -2.67. The molecular formula is C36H45BrClN3O2. The molecule has 5 nitrogen and oxygen atoms in total. The zero-order valence-corrected chi connectivity index (χ0v) is 28.3. The first kappa shape index (κ1) is 33.2. The minimum absolute atomic E-state index is 0. The average molecular weight is 667 g/mol. The van der Waals surface area contributed by atoms with E-state index in [0.29, 0.717) is 18.9 Å². The van der Waals surface area contributed by atoms with Crippen LogP contribution in [0.15, 0.2) is 71.2 Å². The molecule has 0 aromatic heterocycles. The highest BCUT2D eigenvalue weighted by Gasteiger charge is 2.47. The smallest absolute Gasteiger partial charge is 0.229 e. The van der Waals surface area contributed by atoms with Gasteiger partial charge in [-0.1, -0.05) is 76.1 Å². The van der Waals surface area contributed by atoms with Crippen LogP contribution in [0.3, 0.4) is 0 Å². The Morgan fingerprint density at radius 1 is 0.930 bits per heavy atom. The van der Waals surface area contributed by atoms with Gasteiger partial charge in [-0.05, 0) is 99.5 Å². The molecule has 2 heterocycles. The predicted molar refractivity (Wildman–Crippen MR) is 180 cm³/mol. The average Bonchev–Trinajstić information content (AvgIpc) is 3.27. The van der Waals surface area contributed by atoms with Crippen LogP contribution < -0.4 is 0 Å². The lowest BCUT2D eigenvalue weighted by atomic mass is 9.77. The Labute approximate surface area is 272 Å². The molecule has 0 N–H and O–H groups in total. The summed E-state index contributed by atoms with van der Waals surface area (Å²) >= 11 is 3.50. The van der Waals surface area contributed by atoms with Gasteiger partial charge >= 0.3 is 0 Å². The molecule has 2 fully saturated rings. The first-order chi connectivity index (χ1) is 20.1. The van der Waals surface area contributed by atoms with Gasteiger partial charge in [0.25, 0.3) is 0 Å². The quantitative estimate of drug-likeness (QED) is 0.239. The van der Waals surface area contributed by atoms with E-state index in [0.717, 1.165) is 61.9 Å². The summed E-state index contributed by atoms with van der Waals surface area (Å²) < 4.78 is 1.06. The van der Waals surface area contributed by atoms with Gasteiger partial charge in [-0.2, -0.15) is 0 Å². The van der Waals surface area contributed by atoms with Gasteiger partial charge in [0.1, 0.15) is 0 Å². The number of piperidine rings is 1. The van der Waals surface area contributed by atoms with Gasteiger partial charge in [0.15, 0.2) is 0 Å². The number of hydrogen-bond acceptors (Lipinski definition) is 3. The molecule has 2 aliphatic heterocycles. The number of likely N-dealkylation sites (tertiary alicyclic amines) is 2. The Bertz CT molecular complexity index is 1380. The van der Waals surface area contributed by atoms with Crippen LogP contribution in [0.2, 0.25) is 0 Å². The van der Waals surface area contributed by atoms with E-state index in [1.807, 2.05) is 30.1 Å². The molecule has 0 radical (unpaired) electrons. The molecule has 2 amide bonds. The van der Waals surface area contributed by atoms with E-state index in [4.69, 9.17) is 0 Å². The molecule has 1 atom stereocenters. The molecule has 230 valence electrons. The molecule has 3 aromatic carbocycles. The Kier molecular flexibility index (Phi) is 11.1. The number of hydrogen-bond donors (Lipinski definition) is 0. The Morgan fingerprint density at radius 2 is 1.53 bits per heavy atom. The van der Waals surface area contributed by atoms with Crippen molar-refractivity contribution in [2.24, 2.45) is 5.41 Å². The summed E-state index contributed by atoms with van der Waals surface area (Å²) in [7, 11) is 1.96. The third-order valence-electron chi connectivity index (χ3n) is 9.63. The minimum atomic E-state index is -0.207. The molecule has 43 heavy (non-hydrogen) atoms. The number of nitrogens with zero attached hydrogens (tertiary/aromatic N) is 3. The van der Waals surface area contributed by atoms with Crippen LogP contribution >= 0.6 is 28.3 Å². The number of amides is 2. The second-order valence-electron chi connectivity index (χ2n) is 12.5. The third-order valence-corrected chi connectivity index (χ3v) is 10.2. The number of likely N-dealkylation sites (N-methyl/N-ethyl adjacent to an activating group) is 1. The van der Waals surface area contributed by atoms with Crippen LogP contribution in [-0.2, 0) is 22.6 Å². The van der Waals surface area contributed by atoms with Crippen molar-refractivity contribution < 1.29 is 9.59 Å². The van der Waals surface area contributed by atoms with Gasteiger partial charge < -0.3 is 14.7 Å². The second kappa shape index (κ2) is 14.4. The summed E-state index contributed by atoms with van der Waals surface area (Å²) in [5, 5.41) is 0. The molecule has 2 aliphatic rings. The molecule has 5 rings (SSSR count). The van der Waals surface area contributed by atoms with Crippen LogP contribution in [0.1, 0.15) is 65.1 Å². The fourth-order valence-corrected chi connectivity index (χ4v) is 7.29. The van der Waals surface area contributed by atoms with Crippen LogP contribution in [0.25, 0.3) is 0 Å². The number of carbonyl (C=O) groups excluding carboxylic acids is 2. The SMILES string of the molecule is Cc1cc(C)c(CC(=O)N(C)C(CCN2CCC3(CC2)CCN(Cc2ccc(Br)cc2)C3=O)c2ccccc2)c(C)c1.Cl. The lowest BCUT2D eigenvalue weighted by molar-refractivity contribution is -0.139. The second-order valence-corrected chi connectivity index (χ2v) is 13.4. The molecule has 1 spiro atoms. The molecule has 1 unspecified atom stereocenters. The fourth-order valence-electron chi connectivity index (χ4n) is 7.02. The topological polar surface area (TPSA) is 43.9 Å². The maximum Gasteiger partial charge on any atom is 0.229 e.